The van der Waals surface area contributed by atoms with Crippen molar-refractivity contribution < 1.29 is 19.1 Å². The lowest BCUT2D eigenvalue weighted by Gasteiger charge is -2.22. The first-order valence-electron chi connectivity index (χ1n) is 8.45. The van der Waals surface area contributed by atoms with Gasteiger partial charge in [0.15, 0.2) is 11.5 Å². The van der Waals surface area contributed by atoms with E-state index in [9.17, 15) is 9.59 Å². The Kier molecular flexibility index (Phi) is 7.25. The van der Waals surface area contributed by atoms with Crippen molar-refractivity contribution in [1.82, 2.24) is 10.7 Å². The van der Waals surface area contributed by atoms with Crippen LogP contribution in [0.25, 0.3) is 0 Å². The molecular formula is C18H25N3O4. The fourth-order valence-electron chi connectivity index (χ4n) is 2.82. The van der Waals surface area contributed by atoms with Gasteiger partial charge < -0.3 is 14.8 Å². The van der Waals surface area contributed by atoms with Crippen LogP contribution in [0.15, 0.2) is 23.3 Å². The molecule has 0 atom stereocenters. The molecule has 0 aromatic heterocycles. The Morgan fingerprint density at radius 1 is 1.12 bits per heavy atom. The van der Waals surface area contributed by atoms with E-state index in [-0.39, 0.29) is 18.4 Å². The van der Waals surface area contributed by atoms with Crippen LogP contribution in [-0.2, 0) is 9.59 Å². The number of carbonyl (C=O) groups is 2. The molecule has 2 amide bonds. The van der Waals surface area contributed by atoms with Crippen LogP contribution in [0.4, 0.5) is 0 Å². The molecule has 0 aliphatic heterocycles. The first-order chi connectivity index (χ1) is 12.1. The number of carbonyl (C=O) groups excluding carboxylic acids is 2. The first-order valence-corrected chi connectivity index (χ1v) is 8.45. The van der Waals surface area contributed by atoms with E-state index in [0.29, 0.717) is 11.5 Å². The molecule has 1 saturated carbocycles. The molecule has 7 heteroatoms. The topological polar surface area (TPSA) is 89.0 Å². The third-order valence-electron chi connectivity index (χ3n) is 4.10. The molecule has 0 radical (unpaired) electrons. The highest BCUT2D eigenvalue weighted by molar-refractivity contribution is 5.97. The quantitative estimate of drug-likeness (QED) is 0.448. The van der Waals surface area contributed by atoms with E-state index < -0.39 is 5.91 Å². The summed E-state index contributed by atoms with van der Waals surface area (Å²) in [6.45, 7) is 0. The van der Waals surface area contributed by atoms with E-state index in [4.69, 9.17) is 9.47 Å². The van der Waals surface area contributed by atoms with E-state index in [1.54, 1.807) is 32.4 Å². The van der Waals surface area contributed by atoms with Crippen molar-refractivity contribution in [2.24, 2.45) is 5.10 Å². The summed E-state index contributed by atoms with van der Waals surface area (Å²) in [5, 5.41) is 6.77. The zero-order valence-corrected chi connectivity index (χ0v) is 14.7. The zero-order chi connectivity index (χ0) is 18.1. The van der Waals surface area contributed by atoms with Crippen molar-refractivity contribution in [2.75, 3.05) is 14.2 Å². The molecule has 2 rings (SSSR count). The first kappa shape index (κ1) is 18.8. The summed E-state index contributed by atoms with van der Waals surface area (Å²) >= 11 is 0. The molecule has 2 N–H and O–H groups in total. The van der Waals surface area contributed by atoms with Crippen molar-refractivity contribution in [2.45, 2.75) is 44.6 Å². The van der Waals surface area contributed by atoms with Gasteiger partial charge >= 0.3 is 0 Å². The summed E-state index contributed by atoms with van der Waals surface area (Å²) < 4.78 is 10.4. The van der Waals surface area contributed by atoms with Gasteiger partial charge in [0.25, 0.3) is 0 Å². The Morgan fingerprint density at radius 3 is 2.52 bits per heavy atom. The minimum atomic E-state index is -0.440. The summed E-state index contributed by atoms with van der Waals surface area (Å²) in [6.07, 6.45) is 6.73. The zero-order valence-electron chi connectivity index (χ0n) is 14.7. The lowest BCUT2D eigenvalue weighted by Crippen LogP contribution is -2.38. The van der Waals surface area contributed by atoms with Gasteiger partial charge in [-0.2, -0.15) is 5.10 Å². The molecule has 0 spiro atoms. The fourth-order valence-corrected chi connectivity index (χ4v) is 2.82. The maximum absolute atomic E-state index is 11.9. The van der Waals surface area contributed by atoms with E-state index >= 15 is 0 Å². The van der Waals surface area contributed by atoms with Gasteiger partial charge in [-0.3, -0.25) is 9.59 Å². The second-order valence-corrected chi connectivity index (χ2v) is 5.99. The van der Waals surface area contributed by atoms with Gasteiger partial charge in [-0.15, -0.1) is 0 Å². The largest absolute Gasteiger partial charge is 0.493 e. The maximum Gasteiger partial charge on any atom is 0.249 e. The number of hydrazone groups is 1. The van der Waals surface area contributed by atoms with E-state index in [1.165, 1.54) is 12.6 Å². The summed E-state index contributed by atoms with van der Waals surface area (Å²) in [5.74, 6) is 0.489. The molecule has 25 heavy (non-hydrogen) atoms. The van der Waals surface area contributed by atoms with Crippen LogP contribution in [-0.4, -0.2) is 38.3 Å². The van der Waals surface area contributed by atoms with E-state index in [2.05, 4.69) is 15.8 Å². The van der Waals surface area contributed by atoms with Gasteiger partial charge in [0.2, 0.25) is 11.8 Å². The van der Waals surface area contributed by atoms with Crippen molar-refractivity contribution >= 4 is 18.0 Å². The summed E-state index contributed by atoms with van der Waals surface area (Å²) in [7, 11) is 3.11. The Hall–Kier alpha value is -2.57. The number of methoxy groups -OCH3 is 2. The van der Waals surface area contributed by atoms with Crippen LogP contribution in [0, 0.1) is 0 Å². The highest BCUT2D eigenvalue weighted by atomic mass is 16.5. The van der Waals surface area contributed by atoms with Crippen molar-refractivity contribution in [3.8, 4) is 11.5 Å². The second-order valence-electron chi connectivity index (χ2n) is 5.99. The number of ether oxygens (including phenoxy) is 2. The lowest BCUT2D eigenvalue weighted by molar-refractivity contribution is -0.129. The SMILES string of the molecule is COc1ccc(/C=N\NC(=O)CC(=O)NC2CCCCC2)cc1OC. The van der Waals surface area contributed by atoms with Gasteiger partial charge in [-0.05, 0) is 36.6 Å². The van der Waals surface area contributed by atoms with Crippen LogP contribution in [0.1, 0.15) is 44.1 Å². The Labute approximate surface area is 147 Å². The third-order valence-corrected chi connectivity index (χ3v) is 4.10. The molecular weight excluding hydrogens is 322 g/mol. The molecule has 0 heterocycles. The number of benzene rings is 1. The highest BCUT2D eigenvalue weighted by Gasteiger charge is 2.17. The molecule has 136 valence electrons. The van der Waals surface area contributed by atoms with Crippen LogP contribution < -0.4 is 20.2 Å². The molecule has 1 aromatic carbocycles. The lowest BCUT2D eigenvalue weighted by atomic mass is 9.95. The van der Waals surface area contributed by atoms with Crippen LogP contribution >= 0.6 is 0 Å². The number of rotatable bonds is 7. The number of amides is 2. The second kappa shape index (κ2) is 9.66. The average molecular weight is 347 g/mol. The van der Waals surface area contributed by atoms with Gasteiger partial charge in [0, 0.05) is 6.04 Å². The van der Waals surface area contributed by atoms with Crippen molar-refractivity contribution in [3.05, 3.63) is 23.8 Å². The average Bonchev–Trinajstić information content (AvgIpc) is 2.62. The summed E-state index contributed by atoms with van der Waals surface area (Å²) in [6, 6.07) is 5.47. The normalized spacial score (nSPS) is 15.0. The van der Waals surface area contributed by atoms with Crippen LogP contribution in [0.2, 0.25) is 0 Å². The Bertz CT molecular complexity index is 625. The van der Waals surface area contributed by atoms with Crippen LogP contribution in [0.5, 0.6) is 11.5 Å². The van der Waals surface area contributed by atoms with Crippen molar-refractivity contribution in [3.63, 3.8) is 0 Å². The predicted octanol–water partition coefficient (Wildman–Crippen LogP) is 1.99. The monoisotopic (exact) mass is 347 g/mol. The minimum Gasteiger partial charge on any atom is -0.493 e. The highest BCUT2D eigenvalue weighted by Crippen LogP contribution is 2.26. The van der Waals surface area contributed by atoms with Crippen molar-refractivity contribution in [1.29, 1.82) is 0 Å². The van der Waals surface area contributed by atoms with Gasteiger partial charge in [-0.25, -0.2) is 5.43 Å². The number of nitrogens with one attached hydrogen (secondary N) is 2. The molecule has 0 unspecified atom stereocenters. The summed E-state index contributed by atoms with van der Waals surface area (Å²) in [4.78, 5) is 23.6. The fraction of sp³-hybridized carbons (Fsp3) is 0.500. The van der Waals surface area contributed by atoms with E-state index in [0.717, 1.165) is 31.2 Å². The smallest absolute Gasteiger partial charge is 0.249 e. The molecule has 1 aliphatic rings. The van der Waals surface area contributed by atoms with Crippen LogP contribution in [0.3, 0.4) is 0 Å². The number of hydrogen-bond donors (Lipinski definition) is 2. The Morgan fingerprint density at radius 2 is 1.84 bits per heavy atom. The number of nitrogens with zero attached hydrogens (tertiary/aromatic N) is 1. The van der Waals surface area contributed by atoms with Gasteiger partial charge in [0.05, 0.1) is 20.4 Å². The maximum atomic E-state index is 11.9. The predicted molar refractivity (Wildman–Crippen MR) is 94.9 cm³/mol. The van der Waals surface area contributed by atoms with Gasteiger partial charge in [-0.1, -0.05) is 19.3 Å². The molecule has 1 aliphatic carbocycles. The summed E-state index contributed by atoms with van der Waals surface area (Å²) in [5.41, 5.74) is 3.10. The Balaban J connectivity index is 1.78. The molecule has 1 aromatic rings. The van der Waals surface area contributed by atoms with E-state index in [1.807, 2.05) is 0 Å². The minimum absolute atomic E-state index is 0.198. The molecule has 7 nitrogen and oxygen atoms in total. The molecule has 1 fully saturated rings. The third kappa shape index (κ3) is 6.10. The van der Waals surface area contributed by atoms with Gasteiger partial charge in [0.1, 0.15) is 6.42 Å². The standard InChI is InChI=1S/C18H25N3O4/c1-24-15-9-8-13(10-16(15)25-2)12-19-21-18(23)11-17(22)20-14-6-4-3-5-7-14/h8-10,12,14H,3-7,11H2,1-2H3,(H,20,22)(H,21,23)/b19-12-. The molecule has 0 saturated heterocycles. The number of hydrogen-bond acceptors (Lipinski definition) is 5. The molecule has 0 bridgehead atoms.